The third-order valence-corrected chi connectivity index (χ3v) is 5.43. The molecule has 7 heteroatoms. The number of halogens is 1. The van der Waals surface area contributed by atoms with Gasteiger partial charge in [0.05, 0.1) is 23.0 Å². The number of pyridine rings is 1. The molecule has 3 aromatic heterocycles. The van der Waals surface area contributed by atoms with Crippen molar-refractivity contribution in [3.63, 3.8) is 0 Å². The second kappa shape index (κ2) is 8.17. The monoisotopic (exact) mass is 432 g/mol. The Balaban J connectivity index is 1.75. The average Bonchev–Trinajstić information content (AvgIpc) is 2.85. The lowest BCUT2D eigenvalue weighted by Gasteiger charge is -2.11. The second-order valence-corrected chi connectivity index (χ2v) is 7.59. The summed E-state index contributed by atoms with van der Waals surface area (Å²) < 4.78 is 15.0. The Hall–Kier alpha value is -4.57. The van der Waals surface area contributed by atoms with Crippen molar-refractivity contribution in [1.29, 1.82) is 5.26 Å². The van der Waals surface area contributed by atoms with Gasteiger partial charge in [-0.3, -0.25) is 4.98 Å². The lowest BCUT2D eigenvalue weighted by atomic mass is 10.0. The van der Waals surface area contributed by atoms with Crippen LogP contribution in [0.4, 0.5) is 4.39 Å². The minimum absolute atomic E-state index is 0.234. The number of aryl methyl sites for hydroxylation is 2. The van der Waals surface area contributed by atoms with Crippen LogP contribution in [-0.4, -0.2) is 24.9 Å². The van der Waals surface area contributed by atoms with Crippen LogP contribution in [0.25, 0.3) is 44.9 Å². The fourth-order valence-electron chi connectivity index (χ4n) is 3.59. The van der Waals surface area contributed by atoms with Gasteiger partial charge in [0.15, 0.2) is 11.5 Å². The molecule has 5 aromatic rings. The fraction of sp³-hybridized carbons (Fsp3) is 0.0769. The Labute approximate surface area is 189 Å². The number of nitriles is 1. The molecular weight excluding hydrogens is 415 g/mol. The molecule has 0 saturated heterocycles. The van der Waals surface area contributed by atoms with Crippen LogP contribution >= 0.6 is 0 Å². The topological polar surface area (TPSA) is 88.2 Å². The van der Waals surface area contributed by atoms with Crippen molar-refractivity contribution < 1.29 is 4.39 Å². The van der Waals surface area contributed by atoms with Crippen LogP contribution in [0.15, 0.2) is 67.0 Å². The normalized spacial score (nSPS) is 10.8. The number of hydrogen-bond acceptors (Lipinski definition) is 6. The van der Waals surface area contributed by atoms with E-state index in [-0.39, 0.29) is 11.1 Å². The highest BCUT2D eigenvalue weighted by Gasteiger charge is 2.18. The van der Waals surface area contributed by atoms with Crippen LogP contribution in [0.1, 0.15) is 17.0 Å². The maximum Gasteiger partial charge on any atom is 0.182 e. The van der Waals surface area contributed by atoms with E-state index in [4.69, 9.17) is 10.2 Å². The van der Waals surface area contributed by atoms with Gasteiger partial charge in [-0.15, -0.1) is 0 Å². The quantitative estimate of drug-likeness (QED) is 0.377. The van der Waals surface area contributed by atoms with E-state index in [1.165, 1.54) is 6.07 Å². The maximum atomic E-state index is 15.0. The van der Waals surface area contributed by atoms with Crippen LogP contribution in [0.3, 0.4) is 0 Å². The molecule has 0 bridgehead atoms. The highest BCUT2D eigenvalue weighted by atomic mass is 19.1. The van der Waals surface area contributed by atoms with Gasteiger partial charge in [-0.1, -0.05) is 18.2 Å². The summed E-state index contributed by atoms with van der Waals surface area (Å²) in [7, 11) is 0. The van der Waals surface area contributed by atoms with Crippen molar-refractivity contribution in [2.45, 2.75) is 13.8 Å². The number of nitrogens with zero attached hydrogens (tertiary/aromatic N) is 6. The van der Waals surface area contributed by atoms with Gasteiger partial charge < -0.3 is 0 Å². The van der Waals surface area contributed by atoms with E-state index in [0.29, 0.717) is 28.4 Å². The Morgan fingerprint density at radius 3 is 2.30 bits per heavy atom. The minimum atomic E-state index is -0.550. The standard InChI is InChI=1S/C26H17FN6/c1-15-16(2)31-26-24(30-15)23(21-7-6-17(14-28)12-22(21)27)32-25(33-26)20-5-3-4-19(13-20)18-8-10-29-11-9-18/h3-13H,1-2H3. The van der Waals surface area contributed by atoms with Gasteiger partial charge in [0.1, 0.15) is 17.0 Å². The van der Waals surface area contributed by atoms with E-state index in [1.807, 2.05) is 56.3 Å². The number of rotatable bonds is 3. The number of aromatic nitrogens is 5. The lowest BCUT2D eigenvalue weighted by molar-refractivity contribution is 0.630. The highest BCUT2D eigenvalue weighted by molar-refractivity contribution is 5.89. The molecule has 2 aromatic carbocycles. The van der Waals surface area contributed by atoms with E-state index >= 15 is 0 Å². The van der Waals surface area contributed by atoms with Gasteiger partial charge in [-0.05, 0) is 61.4 Å². The summed E-state index contributed by atoms with van der Waals surface area (Å²) in [5, 5.41) is 9.11. The molecule has 0 aliphatic carbocycles. The van der Waals surface area contributed by atoms with Crippen molar-refractivity contribution in [1.82, 2.24) is 24.9 Å². The van der Waals surface area contributed by atoms with Gasteiger partial charge in [0.2, 0.25) is 0 Å². The molecule has 5 rings (SSSR count). The van der Waals surface area contributed by atoms with Crippen LogP contribution < -0.4 is 0 Å². The third kappa shape index (κ3) is 3.79. The highest BCUT2D eigenvalue weighted by Crippen LogP contribution is 2.31. The van der Waals surface area contributed by atoms with Crippen molar-refractivity contribution in [3.8, 4) is 39.8 Å². The Morgan fingerprint density at radius 1 is 0.788 bits per heavy atom. The summed E-state index contributed by atoms with van der Waals surface area (Å²) in [5.74, 6) is -0.139. The molecule has 6 nitrogen and oxygen atoms in total. The molecule has 33 heavy (non-hydrogen) atoms. The summed E-state index contributed by atoms with van der Waals surface area (Å²) in [5.41, 5.74) is 5.82. The minimum Gasteiger partial charge on any atom is -0.265 e. The summed E-state index contributed by atoms with van der Waals surface area (Å²) in [6.07, 6.45) is 3.47. The summed E-state index contributed by atoms with van der Waals surface area (Å²) in [6, 6.07) is 17.9. The predicted molar refractivity (Wildman–Crippen MR) is 123 cm³/mol. The first kappa shape index (κ1) is 20.3. The largest absolute Gasteiger partial charge is 0.265 e. The first-order chi connectivity index (χ1) is 16.0. The lowest BCUT2D eigenvalue weighted by Crippen LogP contribution is -2.03. The molecule has 0 atom stereocenters. The number of fused-ring (bicyclic) bond motifs is 1. The van der Waals surface area contributed by atoms with Crippen molar-refractivity contribution in [2.24, 2.45) is 0 Å². The molecule has 0 saturated carbocycles. The zero-order valence-corrected chi connectivity index (χ0v) is 17.9. The zero-order valence-electron chi connectivity index (χ0n) is 17.9. The van der Waals surface area contributed by atoms with E-state index < -0.39 is 5.82 Å². The average molecular weight is 432 g/mol. The second-order valence-electron chi connectivity index (χ2n) is 7.59. The van der Waals surface area contributed by atoms with E-state index in [1.54, 1.807) is 24.5 Å². The van der Waals surface area contributed by atoms with Gasteiger partial charge in [-0.25, -0.2) is 24.3 Å². The molecule has 158 valence electrons. The summed E-state index contributed by atoms with van der Waals surface area (Å²) >= 11 is 0. The van der Waals surface area contributed by atoms with Crippen molar-refractivity contribution >= 4 is 11.2 Å². The van der Waals surface area contributed by atoms with Gasteiger partial charge in [0.25, 0.3) is 0 Å². The first-order valence-electron chi connectivity index (χ1n) is 10.3. The summed E-state index contributed by atoms with van der Waals surface area (Å²) in [4.78, 5) is 22.6. The van der Waals surface area contributed by atoms with E-state index in [2.05, 4.69) is 19.9 Å². The van der Waals surface area contributed by atoms with Crippen molar-refractivity contribution in [2.75, 3.05) is 0 Å². The zero-order chi connectivity index (χ0) is 22.9. The predicted octanol–water partition coefficient (Wildman–Crippen LogP) is 5.44. The molecule has 0 unspecified atom stereocenters. The number of benzene rings is 2. The third-order valence-electron chi connectivity index (χ3n) is 5.43. The van der Waals surface area contributed by atoms with Gasteiger partial charge >= 0.3 is 0 Å². The van der Waals surface area contributed by atoms with Crippen LogP contribution in [0.2, 0.25) is 0 Å². The molecular formula is C26H17FN6. The van der Waals surface area contributed by atoms with E-state index in [9.17, 15) is 4.39 Å². The maximum absolute atomic E-state index is 15.0. The Bertz CT molecular complexity index is 1560. The molecule has 0 aliphatic rings. The van der Waals surface area contributed by atoms with Gasteiger partial charge in [-0.2, -0.15) is 5.26 Å². The van der Waals surface area contributed by atoms with Crippen LogP contribution in [0, 0.1) is 31.0 Å². The number of hydrogen-bond donors (Lipinski definition) is 0. The van der Waals surface area contributed by atoms with Crippen LogP contribution in [0.5, 0.6) is 0 Å². The Kier molecular flexibility index (Phi) is 5.04. The van der Waals surface area contributed by atoms with Crippen LogP contribution in [-0.2, 0) is 0 Å². The van der Waals surface area contributed by atoms with E-state index in [0.717, 1.165) is 22.4 Å². The summed E-state index contributed by atoms with van der Waals surface area (Å²) in [6.45, 7) is 3.70. The smallest absolute Gasteiger partial charge is 0.182 e. The molecule has 0 spiro atoms. The fourth-order valence-corrected chi connectivity index (χ4v) is 3.59. The van der Waals surface area contributed by atoms with Gasteiger partial charge in [0, 0.05) is 23.5 Å². The molecule has 0 radical (unpaired) electrons. The molecule has 0 aliphatic heterocycles. The Morgan fingerprint density at radius 2 is 1.55 bits per heavy atom. The van der Waals surface area contributed by atoms with Crippen molar-refractivity contribution in [3.05, 3.63) is 89.8 Å². The molecule has 0 fully saturated rings. The molecule has 0 amide bonds. The first-order valence-corrected chi connectivity index (χ1v) is 10.3. The SMILES string of the molecule is Cc1nc2nc(-c3cccc(-c4ccncc4)c3)nc(-c3ccc(C#N)cc3F)c2nc1C. The molecule has 0 N–H and O–H groups in total. The molecule has 3 heterocycles.